The van der Waals surface area contributed by atoms with Gasteiger partial charge in [-0.15, -0.1) is 11.3 Å². The van der Waals surface area contributed by atoms with Gasteiger partial charge in [0.1, 0.15) is 0 Å². The first-order valence-corrected chi connectivity index (χ1v) is 9.31. The number of aromatic nitrogens is 1. The van der Waals surface area contributed by atoms with Crippen LogP contribution in [0.25, 0.3) is 0 Å². The van der Waals surface area contributed by atoms with Gasteiger partial charge in [0.2, 0.25) is 0 Å². The molecule has 21 heavy (non-hydrogen) atoms. The van der Waals surface area contributed by atoms with Gasteiger partial charge in [0.25, 0.3) is 10.0 Å². The van der Waals surface area contributed by atoms with E-state index in [-0.39, 0.29) is 9.90 Å². The molecule has 1 heterocycles. The molecule has 0 amide bonds. The largest absolute Gasteiger partial charge is 0.464 e. The van der Waals surface area contributed by atoms with E-state index in [0.29, 0.717) is 12.5 Å². The van der Waals surface area contributed by atoms with E-state index in [1.54, 1.807) is 0 Å². The number of nitrogens with one attached hydrogen (secondary N) is 1. The fourth-order valence-corrected chi connectivity index (χ4v) is 4.78. The quantitative estimate of drug-likeness (QED) is 0.834. The number of esters is 1. The van der Waals surface area contributed by atoms with Gasteiger partial charge in [-0.05, 0) is 24.7 Å². The van der Waals surface area contributed by atoms with Crippen LogP contribution >= 0.6 is 11.3 Å². The summed E-state index contributed by atoms with van der Waals surface area (Å²) in [6.45, 7) is 2.63. The zero-order valence-electron chi connectivity index (χ0n) is 12.2. The van der Waals surface area contributed by atoms with Crippen molar-refractivity contribution in [1.29, 1.82) is 0 Å². The molecule has 0 atom stereocenters. The van der Waals surface area contributed by atoms with Crippen LogP contribution in [0.15, 0.2) is 9.72 Å². The van der Waals surface area contributed by atoms with E-state index in [4.69, 9.17) is 0 Å². The molecular weight excluding hydrogens is 312 g/mol. The maximum absolute atomic E-state index is 12.3. The number of hydrogen-bond donors (Lipinski definition) is 1. The molecule has 1 N–H and O–H groups in total. The second-order valence-corrected chi connectivity index (χ2v) is 8.27. The maximum Gasteiger partial charge on any atom is 0.358 e. The lowest BCUT2D eigenvalue weighted by Crippen LogP contribution is -2.31. The number of sulfonamides is 1. The van der Waals surface area contributed by atoms with E-state index in [1.807, 2.05) is 0 Å². The summed E-state index contributed by atoms with van der Waals surface area (Å²) < 4.78 is 31.7. The Bertz CT molecular complexity index is 589. The molecule has 0 saturated heterocycles. The van der Waals surface area contributed by atoms with Crippen molar-refractivity contribution in [3.8, 4) is 0 Å². The van der Waals surface area contributed by atoms with Crippen LogP contribution in [0.4, 0.5) is 0 Å². The van der Waals surface area contributed by atoms with Crippen LogP contribution in [0.1, 0.15) is 43.1 Å². The van der Waals surface area contributed by atoms with E-state index in [0.717, 1.165) is 42.9 Å². The zero-order chi connectivity index (χ0) is 15.5. The summed E-state index contributed by atoms with van der Waals surface area (Å²) in [4.78, 5) is 15.3. The van der Waals surface area contributed by atoms with Gasteiger partial charge in [-0.3, -0.25) is 0 Å². The minimum absolute atomic E-state index is 0.0708. The molecule has 1 aliphatic rings. The highest BCUT2D eigenvalue weighted by molar-refractivity contribution is 7.91. The summed E-state index contributed by atoms with van der Waals surface area (Å²) in [5.41, 5.74) is 1.19. The number of carbonyl (C=O) groups excluding carboxylic acids is 1. The molecule has 2 rings (SSSR count). The van der Waals surface area contributed by atoms with Crippen LogP contribution in [-0.2, 0) is 14.8 Å². The molecule has 0 unspecified atom stereocenters. The molecule has 118 valence electrons. The van der Waals surface area contributed by atoms with Crippen molar-refractivity contribution in [2.75, 3.05) is 13.7 Å². The molecule has 0 bridgehead atoms. The lowest BCUT2D eigenvalue weighted by atomic mass is 9.83. The van der Waals surface area contributed by atoms with Crippen molar-refractivity contribution in [2.45, 2.75) is 36.8 Å². The summed E-state index contributed by atoms with van der Waals surface area (Å²) in [5, 5.41) is 0. The van der Waals surface area contributed by atoms with E-state index in [9.17, 15) is 13.2 Å². The van der Waals surface area contributed by atoms with Crippen LogP contribution in [0.5, 0.6) is 0 Å². The second-order valence-electron chi connectivity index (χ2n) is 5.46. The number of hydrogen-bond acceptors (Lipinski definition) is 6. The summed E-state index contributed by atoms with van der Waals surface area (Å²) >= 11 is 0.925. The zero-order valence-corrected chi connectivity index (χ0v) is 13.8. The Balaban J connectivity index is 2.02. The van der Waals surface area contributed by atoms with Crippen LogP contribution in [0, 0.1) is 11.8 Å². The Labute approximate surface area is 129 Å². The summed E-state index contributed by atoms with van der Waals surface area (Å²) in [6, 6.07) is 0. The highest BCUT2D eigenvalue weighted by Gasteiger charge is 2.27. The van der Waals surface area contributed by atoms with Gasteiger partial charge in [0.15, 0.2) is 9.90 Å². The molecule has 0 aliphatic heterocycles. The van der Waals surface area contributed by atoms with E-state index >= 15 is 0 Å². The molecular formula is C13H20N2O4S2. The average Bonchev–Trinajstić information content (AvgIpc) is 2.96. The van der Waals surface area contributed by atoms with Crippen molar-refractivity contribution in [3.05, 3.63) is 11.2 Å². The predicted octanol–water partition coefficient (Wildman–Crippen LogP) is 2.03. The minimum Gasteiger partial charge on any atom is -0.464 e. The molecule has 1 aromatic heterocycles. The third-order valence-electron chi connectivity index (χ3n) is 3.86. The highest BCUT2D eigenvalue weighted by atomic mass is 32.2. The second kappa shape index (κ2) is 6.85. The Morgan fingerprint density at radius 2 is 2.10 bits per heavy atom. The van der Waals surface area contributed by atoms with Crippen LogP contribution in [0.2, 0.25) is 0 Å². The SMILES string of the molecule is COC(=O)c1ncsc1S(=O)(=O)NCC1CCC(C)CC1. The molecule has 0 aromatic carbocycles. The minimum atomic E-state index is -3.71. The maximum atomic E-state index is 12.3. The highest BCUT2D eigenvalue weighted by Crippen LogP contribution is 2.28. The average molecular weight is 332 g/mol. The summed E-state index contributed by atoms with van der Waals surface area (Å²) in [6.07, 6.45) is 4.35. The van der Waals surface area contributed by atoms with E-state index < -0.39 is 16.0 Å². The van der Waals surface area contributed by atoms with Gasteiger partial charge in [-0.1, -0.05) is 19.8 Å². The Morgan fingerprint density at radius 3 is 2.71 bits per heavy atom. The molecule has 8 heteroatoms. The van der Waals surface area contributed by atoms with Crippen LogP contribution < -0.4 is 4.72 Å². The van der Waals surface area contributed by atoms with Crippen molar-refractivity contribution in [2.24, 2.45) is 11.8 Å². The first kappa shape index (κ1) is 16.4. The molecule has 1 saturated carbocycles. The van der Waals surface area contributed by atoms with Gasteiger partial charge in [0, 0.05) is 6.54 Å². The van der Waals surface area contributed by atoms with Gasteiger partial charge < -0.3 is 4.74 Å². The third-order valence-corrected chi connectivity index (χ3v) is 6.65. The molecule has 6 nitrogen and oxygen atoms in total. The third kappa shape index (κ3) is 4.02. The predicted molar refractivity (Wildman–Crippen MR) is 79.8 cm³/mol. The number of rotatable bonds is 5. The van der Waals surface area contributed by atoms with Crippen molar-refractivity contribution in [3.63, 3.8) is 0 Å². The van der Waals surface area contributed by atoms with Crippen molar-refractivity contribution >= 4 is 27.3 Å². The first-order chi connectivity index (χ1) is 9.94. The number of methoxy groups -OCH3 is 1. The van der Waals surface area contributed by atoms with Crippen LogP contribution in [-0.4, -0.2) is 33.0 Å². The number of carbonyl (C=O) groups is 1. The fourth-order valence-electron chi connectivity index (χ4n) is 2.49. The van der Waals surface area contributed by atoms with E-state index in [2.05, 4.69) is 21.4 Å². The standard InChI is InChI=1S/C13H20N2O4S2/c1-9-3-5-10(6-4-9)7-15-21(17,18)13-11(12(16)19-2)14-8-20-13/h8-10,15H,3-7H2,1-2H3. The smallest absolute Gasteiger partial charge is 0.358 e. The number of thiazole rings is 1. The first-order valence-electron chi connectivity index (χ1n) is 6.95. The molecule has 0 spiro atoms. The number of nitrogens with zero attached hydrogens (tertiary/aromatic N) is 1. The lowest BCUT2D eigenvalue weighted by Gasteiger charge is -2.26. The van der Waals surface area contributed by atoms with Gasteiger partial charge in [-0.25, -0.2) is 22.9 Å². The molecule has 0 radical (unpaired) electrons. The molecule has 1 aromatic rings. The lowest BCUT2D eigenvalue weighted by molar-refractivity contribution is 0.0590. The van der Waals surface area contributed by atoms with Gasteiger partial charge >= 0.3 is 5.97 Å². The number of ether oxygens (including phenoxy) is 1. The van der Waals surface area contributed by atoms with Crippen molar-refractivity contribution in [1.82, 2.24) is 9.71 Å². The normalized spacial score (nSPS) is 23.0. The molecule has 1 fully saturated rings. The van der Waals surface area contributed by atoms with Crippen LogP contribution in [0.3, 0.4) is 0 Å². The Hall–Kier alpha value is -0.990. The van der Waals surface area contributed by atoms with Gasteiger partial charge in [-0.2, -0.15) is 0 Å². The van der Waals surface area contributed by atoms with Crippen molar-refractivity contribution < 1.29 is 17.9 Å². The topological polar surface area (TPSA) is 85.4 Å². The fraction of sp³-hybridized carbons (Fsp3) is 0.692. The Morgan fingerprint density at radius 1 is 1.43 bits per heavy atom. The van der Waals surface area contributed by atoms with Gasteiger partial charge in [0.05, 0.1) is 12.6 Å². The Kier molecular flexibility index (Phi) is 5.34. The summed E-state index contributed by atoms with van der Waals surface area (Å²) in [5.74, 6) is 0.360. The van der Waals surface area contributed by atoms with E-state index in [1.165, 1.54) is 12.6 Å². The summed E-state index contributed by atoms with van der Waals surface area (Å²) in [7, 11) is -2.51. The monoisotopic (exact) mass is 332 g/mol. The molecule has 1 aliphatic carbocycles.